The molecule has 0 aliphatic rings. The van der Waals surface area contributed by atoms with Crippen LogP contribution in [0.5, 0.6) is 5.75 Å². The summed E-state index contributed by atoms with van der Waals surface area (Å²) in [5.74, 6) is 0.619. The van der Waals surface area contributed by atoms with Gasteiger partial charge in [0.05, 0.1) is 7.11 Å². The lowest BCUT2D eigenvalue weighted by molar-refractivity contribution is 0.102. The lowest BCUT2D eigenvalue weighted by Crippen LogP contribution is -2.15. The molecule has 0 fully saturated rings. The normalized spacial score (nSPS) is 10.0. The van der Waals surface area contributed by atoms with Crippen LogP contribution in [-0.2, 0) is 7.05 Å². The van der Waals surface area contributed by atoms with Crippen molar-refractivity contribution in [3.05, 3.63) is 29.8 Å². The van der Waals surface area contributed by atoms with Crippen molar-refractivity contribution in [2.45, 2.75) is 0 Å². The van der Waals surface area contributed by atoms with Crippen LogP contribution in [0.3, 0.4) is 0 Å². The molecule has 2 rings (SSSR count). The maximum absolute atomic E-state index is 11.9. The SMILES string of the molecule is COc1cccc(C(=O)Nc2nnnn2C)c1. The molecule has 1 N–H and O–H groups in total. The Morgan fingerprint density at radius 3 is 2.94 bits per heavy atom. The van der Waals surface area contributed by atoms with Crippen LogP contribution in [-0.4, -0.2) is 33.2 Å². The van der Waals surface area contributed by atoms with Crippen molar-refractivity contribution in [1.82, 2.24) is 20.2 Å². The van der Waals surface area contributed by atoms with Gasteiger partial charge in [0.1, 0.15) is 5.75 Å². The first kappa shape index (κ1) is 11.1. The number of aryl methyl sites for hydroxylation is 1. The van der Waals surface area contributed by atoms with Crippen LogP contribution >= 0.6 is 0 Å². The standard InChI is InChI=1S/C10H11N5O2/c1-15-10(12-13-14-15)11-9(16)7-4-3-5-8(6-7)17-2/h3-6H,1-2H3,(H,11,12,14,16). The van der Waals surface area contributed by atoms with E-state index in [1.807, 2.05) is 0 Å². The van der Waals surface area contributed by atoms with Crippen LogP contribution in [0.2, 0.25) is 0 Å². The Kier molecular flexibility index (Phi) is 2.99. The summed E-state index contributed by atoms with van der Waals surface area (Å²) in [7, 11) is 3.19. The Bertz CT molecular complexity index is 537. The summed E-state index contributed by atoms with van der Waals surface area (Å²) in [4.78, 5) is 11.9. The number of anilines is 1. The number of aromatic nitrogens is 4. The second-order valence-electron chi connectivity index (χ2n) is 3.31. The second kappa shape index (κ2) is 4.60. The molecule has 0 aliphatic carbocycles. The van der Waals surface area contributed by atoms with Gasteiger partial charge >= 0.3 is 0 Å². The first-order valence-electron chi connectivity index (χ1n) is 4.88. The zero-order valence-corrected chi connectivity index (χ0v) is 9.41. The van der Waals surface area contributed by atoms with Crippen LogP contribution in [0.1, 0.15) is 10.4 Å². The Hall–Kier alpha value is -2.44. The van der Waals surface area contributed by atoms with E-state index in [0.29, 0.717) is 11.3 Å². The average molecular weight is 233 g/mol. The molecule has 88 valence electrons. The van der Waals surface area contributed by atoms with Gasteiger partial charge in [0, 0.05) is 12.6 Å². The molecule has 0 unspecified atom stereocenters. The summed E-state index contributed by atoms with van der Waals surface area (Å²) >= 11 is 0. The lowest BCUT2D eigenvalue weighted by Gasteiger charge is -2.04. The molecule has 1 heterocycles. The molecule has 1 aromatic heterocycles. The highest BCUT2D eigenvalue weighted by Gasteiger charge is 2.10. The highest BCUT2D eigenvalue weighted by molar-refractivity contribution is 6.03. The van der Waals surface area contributed by atoms with E-state index in [4.69, 9.17) is 4.74 Å². The number of tetrazole rings is 1. The molecule has 2 aromatic rings. The minimum Gasteiger partial charge on any atom is -0.497 e. The van der Waals surface area contributed by atoms with Gasteiger partial charge in [-0.3, -0.25) is 10.1 Å². The minimum atomic E-state index is -0.290. The Morgan fingerprint density at radius 1 is 1.47 bits per heavy atom. The molecule has 0 spiro atoms. The van der Waals surface area contributed by atoms with E-state index >= 15 is 0 Å². The fourth-order valence-corrected chi connectivity index (χ4v) is 1.27. The Morgan fingerprint density at radius 2 is 2.29 bits per heavy atom. The molecule has 7 heteroatoms. The van der Waals surface area contributed by atoms with Crippen LogP contribution < -0.4 is 10.1 Å². The number of hydrogen-bond donors (Lipinski definition) is 1. The molecule has 0 bridgehead atoms. The quantitative estimate of drug-likeness (QED) is 0.833. The van der Waals surface area contributed by atoms with Crippen molar-refractivity contribution in [2.75, 3.05) is 12.4 Å². The van der Waals surface area contributed by atoms with Gasteiger partial charge in [-0.2, -0.15) is 0 Å². The van der Waals surface area contributed by atoms with E-state index in [1.54, 1.807) is 38.4 Å². The number of amides is 1. The maximum atomic E-state index is 11.9. The number of ether oxygens (including phenoxy) is 1. The molecule has 0 radical (unpaired) electrons. The number of carbonyl (C=O) groups is 1. The van der Waals surface area contributed by atoms with Crippen LogP contribution in [0, 0.1) is 0 Å². The predicted molar refractivity (Wildman–Crippen MR) is 59.7 cm³/mol. The first-order chi connectivity index (χ1) is 8.20. The molecule has 17 heavy (non-hydrogen) atoms. The predicted octanol–water partition coefficient (Wildman–Crippen LogP) is 0.471. The van der Waals surface area contributed by atoms with Crippen molar-refractivity contribution in [2.24, 2.45) is 7.05 Å². The summed E-state index contributed by atoms with van der Waals surface area (Å²) in [6.45, 7) is 0. The summed E-state index contributed by atoms with van der Waals surface area (Å²) in [5.41, 5.74) is 0.479. The van der Waals surface area contributed by atoms with Gasteiger partial charge < -0.3 is 4.74 Å². The van der Waals surface area contributed by atoms with Crippen molar-refractivity contribution in [3.63, 3.8) is 0 Å². The number of carbonyl (C=O) groups excluding carboxylic acids is 1. The zero-order chi connectivity index (χ0) is 12.3. The van der Waals surface area contributed by atoms with Gasteiger partial charge in [0.15, 0.2) is 0 Å². The van der Waals surface area contributed by atoms with Crippen LogP contribution in [0.25, 0.3) is 0 Å². The molecule has 7 nitrogen and oxygen atoms in total. The molecule has 0 saturated carbocycles. The minimum absolute atomic E-state index is 0.290. The van der Waals surface area contributed by atoms with Gasteiger partial charge in [-0.25, -0.2) is 4.68 Å². The van der Waals surface area contributed by atoms with E-state index in [1.165, 1.54) is 4.68 Å². The van der Waals surface area contributed by atoms with E-state index in [0.717, 1.165) is 0 Å². The largest absolute Gasteiger partial charge is 0.497 e. The summed E-state index contributed by atoms with van der Waals surface area (Å²) in [5, 5.41) is 13.3. The van der Waals surface area contributed by atoms with Crippen molar-refractivity contribution in [1.29, 1.82) is 0 Å². The van der Waals surface area contributed by atoms with Gasteiger partial charge in [0.25, 0.3) is 5.91 Å². The highest BCUT2D eigenvalue weighted by Crippen LogP contribution is 2.13. The number of methoxy groups -OCH3 is 1. The molecule has 1 amide bonds. The van der Waals surface area contributed by atoms with E-state index in [-0.39, 0.29) is 11.9 Å². The third-order valence-corrected chi connectivity index (χ3v) is 2.18. The topological polar surface area (TPSA) is 81.9 Å². The Balaban J connectivity index is 2.17. The lowest BCUT2D eigenvalue weighted by atomic mass is 10.2. The number of hydrogen-bond acceptors (Lipinski definition) is 5. The summed E-state index contributed by atoms with van der Waals surface area (Å²) in [6.07, 6.45) is 0. The fourth-order valence-electron chi connectivity index (χ4n) is 1.27. The monoisotopic (exact) mass is 233 g/mol. The number of rotatable bonds is 3. The smallest absolute Gasteiger partial charge is 0.258 e. The van der Waals surface area contributed by atoms with Crippen LogP contribution in [0.15, 0.2) is 24.3 Å². The third-order valence-electron chi connectivity index (χ3n) is 2.18. The van der Waals surface area contributed by atoms with Gasteiger partial charge in [0.2, 0.25) is 5.95 Å². The molecule has 0 aliphatic heterocycles. The number of nitrogens with zero attached hydrogens (tertiary/aromatic N) is 4. The van der Waals surface area contributed by atoms with Crippen LogP contribution in [0.4, 0.5) is 5.95 Å². The third kappa shape index (κ3) is 2.39. The van der Waals surface area contributed by atoms with Gasteiger partial charge in [-0.05, 0) is 28.6 Å². The zero-order valence-electron chi connectivity index (χ0n) is 9.41. The molecule has 0 saturated heterocycles. The summed E-state index contributed by atoms with van der Waals surface area (Å²) < 4.78 is 6.41. The van der Waals surface area contributed by atoms with E-state index in [9.17, 15) is 4.79 Å². The van der Waals surface area contributed by atoms with E-state index < -0.39 is 0 Å². The van der Waals surface area contributed by atoms with Crippen molar-refractivity contribution < 1.29 is 9.53 Å². The first-order valence-corrected chi connectivity index (χ1v) is 4.88. The maximum Gasteiger partial charge on any atom is 0.258 e. The molecule has 0 atom stereocenters. The second-order valence-corrected chi connectivity index (χ2v) is 3.31. The molecular weight excluding hydrogens is 222 g/mol. The van der Waals surface area contributed by atoms with Crippen molar-refractivity contribution in [3.8, 4) is 5.75 Å². The van der Waals surface area contributed by atoms with Crippen molar-refractivity contribution >= 4 is 11.9 Å². The van der Waals surface area contributed by atoms with Gasteiger partial charge in [-0.15, -0.1) is 0 Å². The average Bonchev–Trinajstić information content (AvgIpc) is 2.75. The Labute approximate surface area is 97.4 Å². The highest BCUT2D eigenvalue weighted by atomic mass is 16.5. The van der Waals surface area contributed by atoms with E-state index in [2.05, 4.69) is 20.8 Å². The molecular formula is C10H11N5O2. The number of benzene rings is 1. The summed E-state index contributed by atoms with van der Waals surface area (Å²) in [6, 6.07) is 6.82. The molecule has 1 aromatic carbocycles. The fraction of sp³-hybridized carbons (Fsp3) is 0.200. The number of nitrogens with one attached hydrogen (secondary N) is 1. The van der Waals surface area contributed by atoms with Gasteiger partial charge in [-0.1, -0.05) is 11.2 Å².